The molecule has 2 rings (SSSR count). The summed E-state index contributed by atoms with van der Waals surface area (Å²) in [5.41, 5.74) is 4.76. The summed E-state index contributed by atoms with van der Waals surface area (Å²) >= 11 is 0. The molecule has 7 heteroatoms. The molecule has 21 heavy (non-hydrogen) atoms. The van der Waals surface area contributed by atoms with Crippen molar-refractivity contribution in [3.8, 4) is 0 Å². The normalized spacial score (nSPS) is 16.9. The number of rotatable bonds is 5. The molecule has 0 unspecified atom stereocenters. The Morgan fingerprint density at radius 1 is 1.24 bits per heavy atom. The number of nitrogen functional groups attached to an aromatic ring is 1. The first kappa shape index (κ1) is 15.9. The van der Waals surface area contributed by atoms with Crippen LogP contribution in [-0.4, -0.2) is 44.3 Å². The second kappa shape index (κ2) is 7.00. The van der Waals surface area contributed by atoms with Crippen LogP contribution in [0.4, 0.5) is 24.5 Å². The van der Waals surface area contributed by atoms with Gasteiger partial charge in [0.05, 0.1) is 18.8 Å². The first-order chi connectivity index (χ1) is 9.97. The molecule has 1 heterocycles. The van der Waals surface area contributed by atoms with Crippen LogP contribution in [0, 0.1) is 0 Å². The van der Waals surface area contributed by atoms with Crippen LogP contribution in [0.1, 0.15) is 12.0 Å². The van der Waals surface area contributed by atoms with Gasteiger partial charge in [-0.1, -0.05) is 0 Å². The summed E-state index contributed by atoms with van der Waals surface area (Å²) in [6.07, 6.45) is -3.55. The molecule has 0 aliphatic carbocycles. The molecular weight excluding hydrogens is 283 g/mol. The number of nitrogens with two attached hydrogens (primary N) is 1. The van der Waals surface area contributed by atoms with Gasteiger partial charge in [0, 0.05) is 31.0 Å². The van der Waals surface area contributed by atoms with Gasteiger partial charge < -0.3 is 15.8 Å². The molecule has 1 aliphatic rings. The maximum absolute atomic E-state index is 12.7. The molecule has 0 radical (unpaired) electrons. The summed E-state index contributed by atoms with van der Waals surface area (Å²) in [7, 11) is 0. The maximum Gasteiger partial charge on any atom is 0.418 e. The van der Waals surface area contributed by atoms with Crippen LogP contribution in [0.5, 0.6) is 0 Å². The Morgan fingerprint density at radius 2 is 1.95 bits per heavy atom. The number of morpholine rings is 1. The van der Waals surface area contributed by atoms with Crippen molar-refractivity contribution in [2.45, 2.75) is 12.6 Å². The third-order valence-corrected chi connectivity index (χ3v) is 3.44. The standard InChI is InChI=1S/C14H20F3N3O/c15-14(16,17)12-10-11(2-3-13(12)18)19-4-1-5-20-6-8-21-9-7-20/h2-3,10,19H,1,4-9,18H2. The summed E-state index contributed by atoms with van der Waals surface area (Å²) in [6, 6.07) is 3.91. The summed E-state index contributed by atoms with van der Waals surface area (Å²) in [4.78, 5) is 2.29. The predicted molar refractivity (Wildman–Crippen MR) is 76.2 cm³/mol. The zero-order valence-electron chi connectivity index (χ0n) is 11.7. The average Bonchev–Trinajstić information content (AvgIpc) is 2.45. The van der Waals surface area contributed by atoms with Gasteiger partial charge in [0.15, 0.2) is 0 Å². The van der Waals surface area contributed by atoms with E-state index in [2.05, 4.69) is 10.2 Å². The van der Waals surface area contributed by atoms with Crippen LogP contribution >= 0.6 is 0 Å². The Morgan fingerprint density at radius 3 is 2.62 bits per heavy atom. The first-order valence-corrected chi connectivity index (χ1v) is 6.97. The first-order valence-electron chi connectivity index (χ1n) is 6.97. The molecule has 1 aliphatic heterocycles. The van der Waals surface area contributed by atoms with E-state index in [1.165, 1.54) is 6.07 Å². The largest absolute Gasteiger partial charge is 0.418 e. The Balaban J connectivity index is 1.80. The van der Waals surface area contributed by atoms with Crippen molar-refractivity contribution < 1.29 is 17.9 Å². The molecule has 0 spiro atoms. The minimum Gasteiger partial charge on any atom is -0.398 e. The molecule has 0 aromatic heterocycles. The number of halogens is 3. The van der Waals surface area contributed by atoms with E-state index in [1.807, 2.05) is 0 Å². The lowest BCUT2D eigenvalue weighted by atomic mass is 10.1. The highest BCUT2D eigenvalue weighted by molar-refractivity contribution is 5.58. The second-order valence-corrected chi connectivity index (χ2v) is 5.03. The van der Waals surface area contributed by atoms with Crippen molar-refractivity contribution in [2.75, 3.05) is 50.4 Å². The number of hydrogen-bond acceptors (Lipinski definition) is 4. The Bertz CT molecular complexity index is 459. The summed E-state index contributed by atoms with van der Waals surface area (Å²) in [5.74, 6) is 0. The number of nitrogens with one attached hydrogen (secondary N) is 1. The Labute approximate surface area is 122 Å². The van der Waals surface area contributed by atoms with Crippen molar-refractivity contribution in [3.05, 3.63) is 23.8 Å². The van der Waals surface area contributed by atoms with Gasteiger partial charge in [-0.2, -0.15) is 13.2 Å². The van der Waals surface area contributed by atoms with Crippen LogP contribution in [-0.2, 0) is 10.9 Å². The quantitative estimate of drug-likeness (QED) is 0.648. The summed E-state index contributed by atoms with van der Waals surface area (Å²) in [6.45, 7) is 4.87. The third kappa shape index (κ3) is 4.78. The lowest BCUT2D eigenvalue weighted by Gasteiger charge is -2.26. The molecule has 0 amide bonds. The highest BCUT2D eigenvalue weighted by Gasteiger charge is 2.33. The van der Waals surface area contributed by atoms with E-state index in [-0.39, 0.29) is 5.69 Å². The number of ether oxygens (including phenoxy) is 1. The molecule has 3 N–H and O–H groups in total. The minimum atomic E-state index is -4.42. The van der Waals surface area contributed by atoms with Gasteiger partial charge in [-0.25, -0.2) is 0 Å². The monoisotopic (exact) mass is 303 g/mol. The van der Waals surface area contributed by atoms with Crippen molar-refractivity contribution >= 4 is 11.4 Å². The summed E-state index contributed by atoms with van der Waals surface area (Å²) in [5, 5.41) is 3.01. The average molecular weight is 303 g/mol. The zero-order chi connectivity index (χ0) is 15.3. The van der Waals surface area contributed by atoms with E-state index in [9.17, 15) is 13.2 Å². The van der Waals surface area contributed by atoms with Crippen molar-refractivity contribution in [1.82, 2.24) is 4.90 Å². The van der Waals surface area contributed by atoms with Crippen LogP contribution < -0.4 is 11.1 Å². The van der Waals surface area contributed by atoms with Crippen LogP contribution in [0.2, 0.25) is 0 Å². The van der Waals surface area contributed by atoms with Gasteiger partial charge in [-0.3, -0.25) is 4.90 Å². The van der Waals surface area contributed by atoms with Gasteiger partial charge in [0.25, 0.3) is 0 Å². The Kier molecular flexibility index (Phi) is 5.30. The fourth-order valence-electron chi connectivity index (χ4n) is 2.27. The van der Waals surface area contributed by atoms with Gasteiger partial charge in [0.1, 0.15) is 0 Å². The van der Waals surface area contributed by atoms with E-state index in [0.717, 1.165) is 45.3 Å². The third-order valence-electron chi connectivity index (χ3n) is 3.44. The van der Waals surface area contributed by atoms with E-state index >= 15 is 0 Å². The maximum atomic E-state index is 12.7. The molecule has 0 atom stereocenters. The number of hydrogen-bond donors (Lipinski definition) is 2. The molecule has 1 fully saturated rings. The SMILES string of the molecule is Nc1ccc(NCCCN2CCOCC2)cc1C(F)(F)F. The fourth-order valence-corrected chi connectivity index (χ4v) is 2.27. The fraction of sp³-hybridized carbons (Fsp3) is 0.571. The smallest absolute Gasteiger partial charge is 0.398 e. The highest BCUT2D eigenvalue weighted by Crippen LogP contribution is 2.35. The van der Waals surface area contributed by atoms with Crippen molar-refractivity contribution in [2.24, 2.45) is 0 Å². The van der Waals surface area contributed by atoms with E-state index < -0.39 is 11.7 Å². The minimum absolute atomic E-state index is 0.249. The van der Waals surface area contributed by atoms with Crippen molar-refractivity contribution in [3.63, 3.8) is 0 Å². The Hall–Kier alpha value is -1.47. The van der Waals surface area contributed by atoms with E-state index in [4.69, 9.17) is 10.5 Å². The predicted octanol–water partition coefficient (Wildman–Crippen LogP) is 2.42. The van der Waals surface area contributed by atoms with E-state index in [1.54, 1.807) is 6.07 Å². The zero-order valence-corrected chi connectivity index (χ0v) is 11.7. The number of anilines is 2. The number of benzene rings is 1. The van der Waals surface area contributed by atoms with Crippen LogP contribution in [0.3, 0.4) is 0 Å². The molecule has 118 valence electrons. The molecule has 1 saturated heterocycles. The lowest BCUT2D eigenvalue weighted by Crippen LogP contribution is -2.37. The van der Waals surface area contributed by atoms with Crippen molar-refractivity contribution in [1.29, 1.82) is 0 Å². The molecule has 1 aromatic carbocycles. The molecular formula is C14H20F3N3O. The highest BCUT2D eigenvalue weighted by atomic mass is 19.4. The summed E-state index contributed by atoms with van der Waals surface area (Å²) < 4.78 is 43.5. The van der Waals surface area contributed by atoms with Gasteiger partial charge in [0.2, 0.25) is 0 Å². The molecule has 0 saturated carbocycles. The van der Waals surface area contributed by atoms with Crippen LogP contribution in [0.25, 0.3) is 0 Å². The molecule has 0 bridgehead atoms. The number of alkyl halides is 3. The lowest BCUT2D eigenvalue weighted by molar-refractivity contribution is -0.136. The van der Waals surface area contributed by atoms with Crippen LogP contribution in [0.15, 0.2) is 18.2 Å². The molecule has 4 nitrogen and oxygen atoms in total. The van der Waals surface area contributed by atoms with E-state index in [0.29, 0.717) is 12.2 Å². The molecule has 1 aromatic rings. The topological polar surface area (TPSA) is 50.5 Å². The number of nitrogens with zero attached hydrogens (tertiary/aromatic N) is 1. The van der Waals surface area contributed by atoms with Gasteiger partial charge in [-0.05, 0) is 31.2 Å². The van der Waals surface area contributed by atoms with Gasteiger partial charge >= 0.3 is 6.18 Å². The second-order valence-electron chi connectivity index (χ2n) is 5.03. The van der Waals surface area contributed by atoms with Gasteiger partial charge in [-0.15, -0.1) is 0 Å².